The average Bonchev–Trinajstić information content (AvgIpc) is 2.95. The van der Waals surface area contributed by atoms with Gasteiger partial charge >= 0.3 is 5.97 Å². The number of rotatable bonds is 4. The highest BCUT2D eigenvalue weighted by Crippen LogP contribution is 2.14. The Morgan fingerprint density at radius 2 is 1.91 bits per heavy atom. The fraction of sp³-hybridized carbons (Fsp3) is 0.529. The van der Waals surface area contributed by atoms with Gasteiger partial charge in [-0.15, -0.1) is 0 Å². The van der Waals surface area contributed by atoms with Gasteiger partial charge in [0.2, 0.25) is 0 Å². The number of esters is 1. The van der Waals surface area contributed by atoms with Gasteiger partial charge in [0, 0.05) is 32.1 Å². The number of nitrogens with zero attached hydrogens (tertiary/aromatic N) is 1. The molecule has 3 rings (SSSR count). The number of piperidine rings is 1. The van der Waals surface area contributed by atoms with E-state index in [0.29, 0.717) is 24.2 Å². The topological polar surface area (TPSA) is 53.6 Å². The number of cyclic esters (lactones) is 1. The first kappa shape index (κ1) is 16.2. The van der Waals surface area contributed by atoms with Gasteiger partial charge in [0.1, 0.15) is 6.04 Å². The summed E-state index contributed by atoms with van der Waals surface area (Å²) in [6.45, 7) is 3.60. The van der Waals surface area contributed by atoms with Gasteiger partial charge in [0.15, 0.2) is 5.11 Å². The molecule has 0 unspecified atom stereocenters. The van der Waals surface area contributed by atoms with Crippen molar-refractivity contribution in [2.75, 3.05) is 19.7 Å². The summed E-state index contributed by atoms with van der Waals surface area (Å²) in [6.07, 6.45) is 2.81. The zero-order valence-electron chi connectivity index (χ0n) is 13.2. The molecule has 5 nitrogen and oxygen atoms in total. The molecular formula is C17H23N3O2S. The van der Waals surface area contributed by atoms with Crippen molar-refractivity contribution in [2.45, 2.75) is 37.9 Å². The van der Waals surface area contributed by atoms with E-state index < -0.39 is 0 Å². The number of carbonyl (C=O) groups is 1. The molecule has 1 atom stereocenters. The maximum atomic E-state index is 11.4. The minimum Gasteiger partial charge on any atom is -0.464 e. The lowest BCUT2D eigenvalue weighted by molar-refractivity contribution is -0.139. The molecule has 124 valence electrons. The standard InChI is InChI=1S/C17H23N3O2S/c21-16-15(8-11-22-16)19-17(23)18-14-6-9-20(10-7-14)12-13-4-2-1-3-5-13/h1-5,14-15H,6-12H2,(H2,18,19,23)/t15-/m0/s1. The van der Waals surface area contributed by atoms with E-state index in [1.165, 1.54) is 5.56 Å². The Labute approximate surface area is 142 Å². The summed E-state index contributed by atoms with van der Waals surface area (Å²) in [4.78, 5) is 13.9. The number of likely N-dealkylation sites (tertiary alicyclic amines) is 1. The monoisotopic (exact) mass is 333 g/mol. The predicted molar refractivity (Wildman–Crippen MR) is 93.0 cm³/mol. The second kappa shape index (κ2) is 7.75. The van der Waals surface area contributed by atoms with Crippen LogP contribution in [0.4, 0.5) is 0 Å². The summed E-state index contributed by atoms with van der Waals surface area (Å²) < 4.78 is 4.93. The SMILES string of the molecule is O=C1OCC[C@@H]1NC(=S)NC1CCN(Cc2ccccc2)CC1. The van der Waals surface area contributed by atoms with Gasteiger partial charge in [-0.05, 0) is 30.6 Å². The first-order valence-electron chi connectivity index (χ1n) is 8.20. The fourth-order valence-corrected chi connectivity index (χ4v) is 3.40. The zero-order chi connectivity index (χ0) is 16.1. The molecule has 1 aromatic rings. The van der Waals surface area contributed by atoms with Crippen LogP contribution in [0.2, 0.25) is 0 Å². The Balaban J connectivity index is 1.39. The summed E-state index contributed by atoms with van der Waals surface area (Å²) in [5.41, 5.74) is 1.36. The third-order valence-corrected chi connectivity index (χ3v) is 4.65. The maximum Gasteiger partial charge on any atom is 0.328 e. The van der Waals surface area contributed by atoms with Crippen LogP contribution in [0, 0.1) is 0 Å². The number of ether oxygens (including phenoxy) is 1. The number of benzene rings is 1. The van der Waals surface area contributed by atoms with Crippen molar-refractivity contribution in [1.82, 2.24) is 15.5 Å². The number of thiocarbonyl (C=S) groups is 1. The molecule has 2 aliphatic heterocycles. The molecule has 1 aromatic carbocycles. The van der Waals surface area contributed by atoms with Gasteiger partial charge in [-0.3, -0.25) is 4.90 Å². The van der Waals surface area contributed by atoms with Crippen LogP contribution in [-0.4, -0.2) is 47.8 Å². The molecule has 2 saturated heterocycles. The molecule has 2 aliphatic rings. The minimum absolute atomic E-state index is 0.202. The molecule has 23 heavy (non-hydrogen) atoms. The van der Waals surface area contributed by atoms with E-state index in [0.717, 1.165) is 32.5 Å². The molecule has 0 aromatic heterocycles. The highest BCUT2D eigenvalue weighted by atomic mass is 32.1. The molecule has 0 bridgehead atoms. The number of hydrogen-bond donors (Lipinski definition) is 2. The Morgan fingerprint density at radius 3 is 2.57 bits per heavy atom. The zero-order valence-corrected chi connectivity index (χ0v) is 14.0. The van der Waals surface area contributed by atoms with Gasteiger partial charge in [0.05, 0.1) is 6.61 Å². The van der Waals surface area contributed by atoms with Crippen LogP contribution in [0.1, 0.15) is 24.8 Å². The summed E-state index contributed by atoms with van der Waals surface area (Å²) in [6, 6.07) is 10.7. The molecule has 0 spiro atoms. The second-order valence-corrected chi connectivity index (χ2v) is 6.57. The van der Waals surface area contributed by atoms with Crippen molar-refractivity contribution >= 4 is 23.3 Å². The highest BCUT2D eigenvalue weighted by molar-refractivity contribution is 7.80. The van der Waals surface area contributed by atoms with Crippen LogP contribution in [-0.2, 0) is 16.1 Å². The molecule has 2 fully saturated rings. The van der Waals surface area contributed by atoms with Crippen molar-refractivity contribution < 1.29 is 9.53 Å². The molecule has 0 aliphatic carbocycles. The van der Waals surface area contributed by atoms with Crippen LogP contribution in [0.5, 0.6) is 0 Å². The van der Waals surface area contributed by atoms with Gasteiger partial charge in [-0.1, -0.05) is 30.3 Å². The lowest BCUT2D eigenvalue weighted by Gasteiger charge is -2.33. The quantitative estimate of drug-likeness (QED) is 0.642. The molecule has 0 amide bonds. The Kier molecular flexibility index (Phi) is 5.46. The van der Waals surface area contributed by atoms with E-state index in [1.807, 2.05) is 6.07 Å². The van der Waals surface area contributed by atoms with Crippen LogP contribution >= 0.6 is 12.2 Å². The average molecular weight is 333 g/mol. The Morgan fingerprint density at radius 1 is 1.17 bits per heavy atom. The van der Waals surface area contributed by atoms with Crippen molar-refractivity contribution in [3.63, 3.8) is 0 Å². The summed E-state index contributed by atoms with van der Waals surface area (Å²) in [7, 11) is 0. The lowest BCUT2D eigenvalue weighted by atomic mass is 10.0. The molecule has 2 heterocycles. The molecule has 6 heteroatoms. The summed E-state index contributed by atoms with van der Waals surface area (Å²) in [5, 5.41) is 6.96. The molecular weight excluding hydrogens is 310 g/mol. The largest absolute Gasteiger partial charge is 0.464 e. The first-order valence-corrected chi connectivity index (χ1v) is 8.61. The van der Waals surface area contributed by atoms with Gasteiger partial charge < -0.3 is 15.4 Å². The van der Waals surface area contributed by atoms with E-state index >= 15 is 0 Å². The van der Waals surface area contributed by atoms with Crippen LogP contribution < -0.4 is 10.6 Å². The van der Waals surface area contributed by atoms with Crippen molar-refractivity contribution in [1.29, 1.82) is 0 Å². The van der Waals surface area contributed by atoms with E-state index in [9.17, 15) is 4.79 Å². The van der Waals surface area contributed by atoms with Gasteiger partial charge in [-0.25, -0.2) is 4.79 Å². The lowest BCUT2D eigenvalue weighted by Crippen LogP contribution is -2.50. The highest BCUT2D eigenvalue weighted by Gasteiger charge is 2.27. The first-order chi connectivity index (χ1) is 11.2. The second-order valence-electron chi connectivity index (χ2n) is 6.16. The normalized spacial score (nSPS) is 22.6. The van der Waals surface area contributed by atoms with Crippen molar-refractivity contribution in [2.24, 2.45) is 0 Å². The molecule has 0 radical (unpaired) electrons. The third-order valence-electron chi connectivity index (χ3n) is 4.41. The molecule has 0 saturated carbocycles. The van der Waals surface area contributed by atoms with E-state index in [2.05, 4.69) is 39.8 Å². The van der Waals surface area contributed by atoms with Crippen molar-refractivity contribution in [3.05, 3.63) is 35.9 Å². The summed E-state index contributed by atoms with van der Waals surface area (Å²) in [5.74, 6) is -0.202. The van der Waals surface area contributed by atoms with E-state index in [4.69, 9.17) is 17.0 Å². The number of hydrogen-bond acceptors (Lipinski definition) is 4. The maximum absolute atomic E-state index is 11.4. The predicted octanol–water partition coefficient (Wildman–Crippen LogP) is 1.43. The summed E-state index contributed by atoms with van der Waals surface area (Å²) >= 11 is 5.32. The Hall–Kier alpha value is -1.66. The van der Waals surface area contributed by atoms with Crippen LogP contribution in [0.25, 0.3) is 0 Å². The third kappa shape index (κ3) is 4.65. The smallest absolute Gasteiger partial charge is 0.328 e. The number of carbonyl (C=O) groups excluding carboxylic acids is 1. The van der Waals surface area contributed by atoms with E-state index in [-0.39, 0.29) is 12.0 Å². The van der Waals surface area contributed by atoms with E-state index in [1.54, 1.807) is 0 Å². The minimum atomic E-state index is -0.284. The molecule has 2 N–H and O–H groups in total. The Bertz CT molecular complexity index is 544. The number of nitrogens with one attached hydrogen (secondary N) is 2. The van der Waals surface area contributed by atoms with Crippen LogP contribution in [0.3, 0.4) is 0 Å². The van der Waals surface area contributed by atoms with Crippen LogP contribution in [0.15, 0.2) is 30.3 Å². The van der Waals surface area contributed by atoms with Gasteiger partial charge in [-0.2, -0.15) is 0 Å². The fourth-order valence-electron chi connectivity index (χ4n) is 3.09. The van der Waals surface area contributed by atoms with Crippen molar-refractivity contribution in [3.8, 4) is 0 Å². The van der Waals surface area contributed by atoms with Gasteiger partial charge in [0.25, 0.3) is 0 Å².